The van der Waals surface area contributed by atoms with Crippen LogP contribution >= 0.6 is 0 Å². The number of carbonyl (C=O) groups excluding carboxylic acids is 1. The highest BCUT2D eigenvalue weighted by atomic mass is 19.4. The molecule has 37 heavy (non-hydrogen) atoms. The molecule has 0 bridgehead atoms. The molecule has 1 amide bonds. The number of ether oxygens (including phenoxy) is 1. The quantitative estimate of drug-likeness (QED) is 0.407. The van der Waals surface area contributed by atoms with E-state index in [1.54, 1.807) is 55.0 Å². The van der Waals surface area contributed by atoms with Gasteiger partial charge in [0, 0.05) is 11.3 Å². The van der Waals surface area contributed by atoms with Gasteiger partial charge in [0.25, 0.3) is 5.91 Å². The van der Waals surface area contributed by atoms with Crippen molar-refractivity contribution in [2.45, 2.75) is 25.1 Å². The Morgan fingerprint density at radius 1 is 1.14 bits per heavy atom. The summed E-state index contributed by atoms with van der Waals surface area (Å²) in [6, 6.07) is 11.1. The number of rotatable bonds is 6. The summed E-state index contributed by atoms with van der Waals surface area (Å²) in [4.78, 5) is 22.1. The number of fused-ring (bicyclic) bond motifs is 1. The van der Waals surface area contributed by atoms with Crippen LogP contribution in [0.1, 0.15) is 18.0 Å². The molecule has 9 nitrogen and oxygen atoms in total. The monoisotopic (exact) mass is 509 g/mol. The zero-order chi connectivity index (χ0) is 26.0. The van der Waals surface area contributed by atoms with E-state index in [1.807, 2.05) is 0 Å². The van der Waals surface area contributed by atoms with Crippen molar-refractivity contribution in [1.82, 2.24) is 25.0 Å². The lowest BCUT2D eigenvalue weighted by Crippen LogP contribution is -2.42. The number of nitrogens with one attached hydrogen (secondary N) is 1. The summed E-state index contributed by atoms with van der Waals surface area (Å²) < 4.78 is 47.0. The molecule has 1 aliphatic heterocycles. The summed E-state index contributed by atoms with van der Waals surface area (Å²) in [5.74, 6) is -0.158. The van der Waals surface area contributed by atoms with Crippen LogP contribution in [0.2, 0.25) is 0 Å². The highest BCUT2D eigenvalue weighted by Crippen LogP contribution is 2.35. The second kappa shape index (κ2) is 9.88. The molecule has 190 valence electrons. The van der Waals surface area contributed by atoms with Crippen molar-refractivity contribution in [3.63, 3.8) is 0 Å². The molecule has 4 aromatic rings. The van der Waals surface area contributed by atoms with Gasteiger partial charge in [0.2, 0.25) is 0 Å². The van der Waals surface area contributed by atoms with Crippen LogP contribution in [0.15, 0.2) is 67.4 Å². The number of halogens is 3. The zero-order valence-corrected chi connectivity index (χ0v) is 19.7. The fraction of sp³-hybridized carbons (Fsp3) is 0.240. The molecule has 3 heterocycles. The number of benzene rings is 2. The second-order valence-corrected chi connectivity index (χ2v) is 8.47. The molecular formula is C25H22F3N7O2. The first-order valence-electron chi connectivity index (χ1n) is 11.4. The van der Waals surface area contributed by atoms with Crippen LogP contribution in [0, 0.1) is 0 Å². The molecular weight excluding hydrogens is 487 g/mol. The molecule has 2 aromatic heterocycles. The molecule has 0 saturated heterocycles. The van der Waals surface area contributed by atoms with Gasteiger partial charge < -0.3 is 15.0 Å². The maximum Gasteiger partial charge on any atom is 0.406 e. The minimum Gasteiger partial charge on any atom is -0.495 e. The molecule has 1 unspecified atom stereocenters. The van der Waals surface area contributed by atoms with E-state index in [4.69, 9.17) is 4.74 Å². The zero-order valence-electron chi connectivity index (χ0n) is 19.7. The van der Waals surface area contributed by atoms with Crippen LogP contribution in [-0.2, 0) is 11.2 Å². The van der Waals surface area contributed by atoms with Gasteiger partial charge in [0.05, 0.1) is 37.1 Å². The van der Waals surface area contributed by atoms with Gasteiger partial charge in [-0.2, -0.15) is 13.2 Å². The van der Waals surface area contributed by atoms with Crippen molar-refractivity contribution >= 4 is 23.0 Å². The van der Waals surface area contributed by atoms with Crippen molar-refractivity contribution in [2.75, 3.05) is 23.9 Å². The smallest absolute Gasteiger partial charge is 0.406 e. The van der Waals surface area contributed by atoms with Crippen molar-refractivity contribution < 1.29 is 22.7 Å². The third-order valence-corrected chi connectivity index (χ3v) is 6.02. The SMILES string of the molecule is COc1cc(-c2cn(C3CCc4ccccc4N(CC(F)(F)F)C3=O)nn2)ccc1Nc1cncnc1. The van der Waals surface area contributed by atoms with Crippen LogP contribution in [0.3, 0.4) is 0 Å². The second-order valence-electron chi connectivity index (χ2n) is 8.47. The number of aryl methyl sites for hydroxylation is 1. The summed E-state index contributed by atoms with van der Waals surface area (Å²) in [7, 11) is 1.53. The first-order valence-corrected chi connectivity index (χ1v) is 11.4. The number of carbonyl (C=O) groups is 1. The number of para-hydroxylation sites is 1. The van der Waals surface area contributed by atoms with E-state index in [1.165, 1.54) is 24.2 Å². The molecule has 0 fully saturated rings. The van der Waals surface area contributed by atoms with Gasteiger partial charge in [0.1, 0.15) is 30.4 Å². The highest BCUT2D eigenvalue weighted by molar-refractivity contribution is 5.97. The van der Waals surface area contributed by atoms with Crippen molar-refractivity contribution in [3.05, 3.63) is 72.9 Å². The predicted molar refractivity (Wildman–Crippen MR) is 130 cm³/mol. The predicted octanol–water partition coefficient (Wildman–Crippen LogP) is 4.57. The Kier molecular flexibility index (Phi) is 6.47. The average Bonchev–Trinajstić information content (AvgIpc) is 3.33. The van der Waals surface area contributed by atoms with Crippen LogP contribution < -0.4 is 15.0 Å². The molecule has 0 saturated carbocycles. The summed E-state index contributed by atoms with van der Waals surface area (Å²) in [6.07, 6.45) is 2.40. The van der Waals surface area contributed by atoms with E-state index in [2.05, 4.69) is 25.6 Å². The summed E-state index contributed by atoms with van der Waals surface area (Å²) in [5, 5.41) is 11.5. The molecule has 1 N–H and O–H groups in total. The van der Waals surface area contributed by atoms with E-state index in [-0.39, 0.29) is 5.69 Å². The third kappa shape index (κ3) is 5.22. The molecule has 1 aliphatic rings. The Morgan fingerprint density at radius 2 is 1.92 bits per heavy atom. The van der Waals surface area contributed by atoms with Gasteiger partial charge >= 0.3 is 6.18 Å². The van der Waals surface area contributed by atoms with Crippen molar-refractivity contribution in [1.29, 1.82) is 0 Å². The fourth-order valence-corrected chi connectivity index (χ4v) is 4.32. The van der Waals surface area contributed by atoms with E-state index in [9.17, 15) is 18.0 Å². The van der Waals surface area contributed by atoms with Gasteiger partial charge in [-0.05, 0) is 36.6 Å². The fourth-order valence-electron chi connectivity index (χ4n) is 4.32. The number of amides is 1. The number of aromatic nitrogens is 5. The molecule has 5 rings (SSSR count). The molecule has 2 aromatic carbocycles. The van der Waals surface area contributed by atoms with E-state index in [0.717, 1.165) is 4.90 Å². The lowest BCUT2D eigenvalue weighted by atomic mass is 10.1. The van der Waals surface area contributed by atoms with Gasteiger partial charge in [-0.3, -0.25) is 4.79 Å². The first-order chi connectivity index (χ1) is 17.8. The standard InChI is InChI=1S/C25H22F3N7O2/c1-37-23-10-17(6-8-19(23)31-18-11-29-15-30-12-18)20-13-35(33-32-20)22-9-7-16-4-2-3-5-21(16)34(24(22)36)14-25(26,27)28/h2-6,8,10-13,15,22,31H,7,9,14H2,1H3. The van der Waals surface area contributed by atoms with E-state index in [0.29, 0.717) is 46.8 Å². The Labute approximate surface area is 209 Å². The Hall–Kier alpha value is -4.48. The summed E-state index contributed by atoms with van der Waals surface area (Å²) in [5.41, 5.74) is 3.41. The number of hydrogen-bond donors (Lipinski definition) is 1. The number of nitrogens with zero attached hydrogens (tertiary/aromatic N) is 6. The Morgan fingerprint density at radius 3 is 2.68 bits per heavy atom. The lowest BCUT2D eigenvalue weighted by molar-refractivity contribution is -0.134. The normalized spacial score (nSPS) is 15.7. The minimum absolute atomic E-state index is 0.268. The third-order valence-electron chi connectivity index (χ3n) is 6.02. The van der Waals surface area contributed by atoms with Gasteiger partial charge in [-0.15, -0.1) is 5.10 Å². The van der Waals surface area contributed by atoms with E-state index >= 15 is 0 Å². The number of alkyl halides is 3. The van der Waals surface area contributed by atoms with Crippen molar-refractivity contribution in [2.24, 2.45) is 0 Å². The maximum absolute atomic E-state index is 13.4. The van der Waals surface area contributed by atoms with Crippen LogP contribution in [0.25, 0.3) is 11.3 Å². The maximum atomic E-state index is 13.4. The summed E-state index contributed by atoms with van der Waals surface area (Å²) in [6.45, 7) is -1.38. The topological polar surface area (TPSA) is 98.1 Å². The number of anilines is 3. The largest absolute Gasteiger partial charge is 0.495 e. The summed E-state index contributed by atoms with van der Waals surface area (Å²) >= 11 is 0. The number of hydrogen-bond acceptors (Lipinski definition) is 7. The van der Waals surface area contributed by atoms with Crippen LogP contribution in [-0.4, -0.2) is 50.7 Å². The average molecular weight is 509 g/mol. The first kappa shape index (κ1) is 24.2. The molecule has 0 radical (unpaired) electrons. The molecule has 0 spiro atoms. The minimum atomic E-state index is -4.55. The van der Waals surface area contributed by atoms with Gasteiger partial charge in [0.15, 0.2) is 0 Å². The number of methoxy groups -OCH3 is 1. The molecule has 1 atom stereocenters. The Bertz CT molecular complexity index is 1410. The lowest BCUT2D eigenvalue weighted by Gasteiger charge is -2.26. The van der Waals surface area contributed by atoms with Crippen LogP contribution in [0.5, 0.6) is 5.75 Å². The molecule has 12 heteroatoms. The Balaban J connectivity index is 1.42. The molecule has 0 aliphatic carbocycles. The van der Waals surface area contributed by atoms with E-state index < -0.39 is 24.7 Å². The highest BCUT2D eigenvalue weighted by Gasteiger charge is 2.39. The van der Waals surface area contributed by atoms with Crippen LogP contribution in [0.4, 0.5) is 30.2 Å². The van der Waals surface area contributed by atoms with Gasteiger partial charge in [-0.1, -0.05) is 29.5 Å². The van der Waals surface area contributed by atoms with Gasteiger partial charge in [-0.25, -0.2) is 14.6 Å². The van der Waals surface area contributed by atoms with Crippen molar-refractivity contribution in [3.8, 4) is 17.0 Å².